The van der Waals surface area contributed by atoms with Crippen molar-refractivity contribution in [3.63, 3.8) is 0 Å². The number of sulfonamides is 1. The summed E-state index contributed by atoms with van der Waals surface area (Å²) in [6, 6.07) is 15.4. The van der Waals surface area contributed by atoms with Crippen LogP contribution in [0.4, 0.5) is 17.1 Å². The lowest BCUT2D eigenvalue weighted by atomic mass is 10.2. The SMILES string of the molecule is CN(CCCNC(=O)CCCN(c1cccc([N+](=O)[O-])c1)S(C)(=O)=O)c1ccccc1. The number of hydrogen-bond acceptors (Lipinski definition) is 6. The molecular weight excluding hydrogens is 420 g/mol. The van der Waals surface area contributed by atoms with Crippen LogP contribution in [0.1, 0.15) is 19.3 Å². The number of para-hydroxylation sites is 1. The number of benzene rings is 2. The molecule has 0 unspecified atom stereocenters. The number of nitrogens with one attached hydrogen (secondary N) is 1. The number of nitrogens with zero attached hydrogens (tertiary/aromatic N) is 3. The standard InChI is InChI=1S/C21H28N4O5S/c1-23(18-9-4-3-5-10-18)15-8-14-22-21(26)13-7-16-24(31(2,29)30)19-11-6-12-20(17-19)25(27)28/h3-6,9-12,17H,7-8,13-16H2,1-2H3,(H,22,26). The Balaban J connectivity index is 1.78. The van der Waals surface area contributed by atoms with Crippen molar-refractivity contribution in [3.05, 3.63) is 64.7 Å². The van der Waals surface area contributed by atoms with Gasteiger partial charge in [0.05, 0.1) is 16.9 Å². The predicted octanol–water partition coefficient (Wildman–Crippen LogP) is 2.78. The number of non-ortho nitro benzene ring substituents is 1. The van der Waals surface area contributed by atoms with Crippen LogP contribution in [0, 0.1) is 10.1 Å². The van der Waals surface area contributed by atoms with E-state index in [1.54, 1.807) is 0 Å². The minimum atomic E-state index is -3.64. The first kappa shape index (κ1) is 24.1. The third-order valence-electron chi connectivity index (χ3n) is 4.68. The molecule has 2 aromatic rings. The molecule has 9 nitrogen and oxygen atoms in total. The van der Waals surface area contributed by atoms with Crippen LogP contribution < -0.4 is 14.5 Å². The third kappa shape index (κ3) is 7.89. The van der Waals surface area contributed by atoms with Crippen LogP contribution in [0.25, 0.3) is 0 Å². The van der Waals surface area contributed by atoms with Gasteiger partial charge in [0.25, 0.3) is 5.69 Å². The van der Waals surface area contributed by atoms with Crippen LogP contribution >= 0.6 is 0 Å². The van der Waals surface area contributed by atoms with Gasteiger partial charge in [-0.2, -0.15) is 0 Å². The average molecular weight is 449 g/mol. The molecule has 0 fully saturated rings. The van der Waals surface area contributed by atoms with E-state index >= 15 is 0 Å². The molecule has 2 aromatic carbocycles. The number of nitro benzene ring substituents is 1. The lowest BCUT2D eigenvalue weighted by Gasteiger charge is -2.22. The number of amides is 1. The Morgan fingerprint density at radius 1 is 1.03 bits per heavy atom. The number of carbonyl (C=O) groups is 1. The second-order valence-electron chi connectivity index (χ2n) is 7.18. The van der Waals surface area contributed by atoms with E-state index in [-0.39, 0.29) is 30.2 Å². The van der Waals surface area contributed by atoms with E-state index in [9.17, 15) is 23.3 Å². The summed E-state index contributed by atoms with van der Waals surface area (Å²) in [6.07, 6.45) is 2.27. The Bertz CT molecular complexity index is 982. The van der Waals surface area contributed by atoms with Crippen molar-refractivity contribution in [3.8, 4) is 0 Å². The first-order chi connectivity index (χ1) is 14.7. The molecule has 0 aliphatic heterocycles. The van der Waals surface area contributed by atoms with Gasteiger partial charge in [-0.1, -0.05) is 24.3 Å². The smallest absolute Gasteiger partial charge is 0.271 e. The molecule has 0 saturated heterocycles. The summed E-state index contributed by atoms with van der Waals surface area (Å²) in [5, 5.41) is 13.8. The zero-order chi connectivity index (χ0) is 22.9. The number of carbonyl (C=O) groups excluding carboxylic acids is 1. The first-order valence-corrected chi connectivity index (χ1v) is 11.8. The molecule has 0 heterocycles. The highest BCUT2D eigenvalue weighted by molar-refractivity contribution is 7.92. The Kier molecular flexibility index (Phi) is 8.80. The summed E-state index contributed by atoms with van der Waals surface area (Å²) in [7, 11) is -1.65. The molecule has 0 aliphatic carbocycles. The molecule has 0 aromatic heterocycles. The largest absolute Gasteiger partial charge is 0.375 e. The van der Waals surface area contributed by atoms with E-state index in [4.69, 9.17) is 0 Å². The summed E-state index contributed by atoms with van der Waals surface area (Å²) in [5.74, 6) is -0.158. The highest BCUT2D eigenvalue weighted by Crippen LogP contribution is 2.23. The van der Waals surface area contributed by atoms with Gasteiger partial charge in [0.2, 0.25) is 15.9 Å². The maximum Gasteiger partial charge on any atom is 0.271 e. The van der Waals surface area contributed by atoms with E-state index in [0.717, 1.165) is 29.2 Å². The van der Waals surface area contributed by atoms with E-state index in [1.807, 2.05) is 37.4 Å². The third-order valence-corrected chi connectivity index (χ3v) is 5.88. The van der Waals surface area contributed by atoms with Gasteiger partial charge in [0.15, 0.2) is 0 Å². The summed E-state index contributed by atoms with van der Waals surface area (Å²) >= 11 is 0. The number of nitro groups is 1. The van der Waals surface area contributed by atoms with Gasteiger partial charge in [-0.15, -0.1) is 0 Å². The summed E-state index contributed by atoms with van der Waals surface area (Å²) < 4.78 is 25.3. The van der Waals surface area contributed by atoms with E-state index < -0.39 is 14.9 Å². The Hall–Kier alpha value is -3.14. The zero-order valence-electron chi connectivity index (χ0n) is 17.7. The van der Waals surface area contributed by atoms with Crippen LogP contribution in [0.2, 0.25) is 0 Å². The lowest BCUT2D eigenvalue weighted by molar-refractivity contribution is -0.384. The van der Waals surface area contributed by atoms with Crippen molar-refractivity contribution < 1.29 is 18.1 Å². The molecule has 0 radical (unpaired) electrons. The molecule has 1 amide bonds. The van der Waals surface area contributed by atoms with Crippen molar-refractivity contribution in [1.29, 1.82) is 0 Å². The maximum atomic E-state index is 12.1. The molecule has 2 rings (SSSR count). The van der Waals surface area contributed by atoms with E-state index in [2.05, 4.69) is 10.2 Å². The zero-order valence-corrected chi connectivity index (χ0v) is 18.5. The van der Waals surface area contributed by atoms with Gasteiger partial charge < -0.3 is 10.2 Å². The molecule has 0 bridgehead atoms. The Labute approximate surface area is 182 Å². The summed E-state index contributed by atoms with van der Waals surface area (Å²) in [6.45, 7) is 1.37. The van der Waals surface area contributed by atoms with Gasteiger partial charge in [0, 0.05) is 50.9 Å². The number of hydrogen-bond donors (Lipinski definition) is 1. The second kappa shape index (κ2) is 11.3. The number of anilines is 2. The fourth-order valence-electron chi connectivity index (χ4n) is 3.08. The fraction of sp³-hybridized carbons (Fsp3) is 0.381. The first-order valence-electron chi connectivity index (χ1n) is 9.93. The van der Waals surface area contributed by atoms with E-state index in [0.29, 0.717) is 13.0 Å². The van der Waals surface area contributed by atoms with Gasteiger partial charge in [-0.3, -0.25) is 19.2 Å². The molecule has 0 atom stereocenters. The predicted molar refractivity (Wildman–Crippen MR) is 122 cm³/mol. The Morgan fingerprint density at radius 2 is 1.71 bits per heavy atom. The average Bonchev–Trinajstić information content (AvgIpc) is 2.74. The summed E-state index contributed by atoms with van der Waals surface area (Å²) in [4.78, 5) is 24.6. The van der Waals surface area contributed by atoms with Crippen molar-refractivity contribution in [2.75, 3.05) is 42.1 Å². The van der Waals surface area contributed by atoms with Crippen LogP contribution in [0.5, 0.6) is 0 Å². The molecule has 31 heavy (non-hydrogen) atoms. The van der Waals surface area contributed by atoms with Crippen LogP contribution in [0.15, 0.2) is 54.6 Å². The minimum Gasteiger partial charge on any atom is -0.375 e. The molecular formula is C21H28N4O5S. The quantitative estimate of drug-likeness (QED) is 0.303. The summed E-state index contributed by atoms with van der Waals surface area (Å²) in [5.41, 5.74) is 1.13. The molecule has 168 valence electrons. The molecule has 10 heteroatoms. The molecule has 0 aliphatic rings. The van der Waals surface area contributed by atoms with Crippen molar-refractivity contribution in [2.45, 2.75) is 19.3 Å². The van der Waals surface area contributed by atoms with Crippen LogP contribution in [-0.4, -0.2) is 52.2 Å². The fourth-order valence-corrected chi connectivity index (χ4v) is 4.03. The van der Waals surface area contributed by atoms with Gasteiger partial charge >= 0.3 is 0 Å². The Morgan fingerprint density at radius 3 is 2.35 bits per heavy atom. The highest BCUT2D eigenvalue weighted by atomic mass is 32.2. The lowest BCUT2D eigenvalue weighted by Crippen LogP contribution is -2.32. The van der Waals surface area contributed by atoms with Crippen molar-refractivity contribution in [2.24, 2.45) is 0 Å². The van der Waals surface area contributed by atoms with Gasteiger partial charge in [-0.05, 0) is 31.0 Å². The highest BCUT2D eigenvalue weighted by Gasteiger charge is 2.19. The molecule has 0 spiro atoms. The second-order valence-corrected chi connectivity index (χ2v) is 9.08. The van der Waals surface area contributed by atoms with Crippen LogP contribution in [-0.2, 0) is 14.8 Å². The topological polar surface area (TPSA) is 113 Å². The number of rotatable bonds is 12. The van der Waals surface area contributed by atoms with Gasteiger partial charge in [0.1, 0.15) is 0 Å². The normalized spacial score (nSPS) is 11.0. The van der Waals surface area contributed by atoms with Crippen molar-refractivity contribution in [1.82, 2.24) is 5.32 Å². The van der Waals surface area contributed by atoms with E-state index in [1.165, 1.54) is 24.3 Å². The molecule has 0 saturated carbocycles. The minimum absolute atomic E-state index is 0.0597. The molecule has 1 N–H and O–H groups in total. The van der Waals surface area contributed by atoms with Crippen LogP contribution in [0.3, 0.4) is 0 Å². The maximum absolute atomic E-state index is 12.1. The monoisotopic (exact) mass is 448 g/mol. The van der Waals surface area contributed by atoms with Gasteiger partial charge in [-0.25, -0.2) is 8.42 Å². The van der Waals surface area contributed by atoms with Crippen molar-refractivity contribution >= 4 is 33.0 Å².